The minimum absolute atomic E-state index is 0.132. The van der Waals surface area contributed by atoms with Crippen molar-refractivity contribution < 1.29 is 18.7 Å². The Kier molecular flexibility index (Phi) is 5.04. The number of anilines is 1. The molecule has 1 heterocycles. The molecule has 0 spiro atoms. The number of carbonyl (C=O) groups excluding carboxylic acids is 2. The van der Waals surface area contributed by atoms with Crippen LogP contribution in [0.5, 0.6) is 0 Å². The maximum Gasteiger partial charge on any atom is 0.375 e. The summed E-state index contributed by atoms with van der Waals surface area (Å²) in [4.78, 5) is 27.0. The molecule has 0 saturated heterocycles. The van der Waals surface area contributed by atoms with E-state index in [1.807, 2.05) is 67.6 Å². The lowest BCUT2D eigenvalue weighted by molar-refractivity contribution is -0.121. The number of benzene rings is 3. The van der Waals surface area contributed by atoms with Gasteiger partial charge >= 0.3 is 5.97 Å². The molecular weight excluding hydrogens is 366 g/mol. The molecule has 0 aliphatic carbocycles. The number of para-hydroxylation sites is 1. The number of amides is 1. The van der Waals surface area contributed by atoms with Crippen molar-refractivity contribution in [2.75, 3.05) is 18.1 Å². The molecule has 0 bridgehead atoms. The normalized spacial score (nSPS) is 11.0. The fourth-order valence-electron chi connectivity index (χ4n) is 3.56. The van der Waals surface area contributed by atoms with Gasteiger partial charge in [-0.1, -0.05) is 54.6 Å². The van der Waals surface area contributed by atoms with Gasteiger partial charge in [0.2, 0.25) is 5.76 Å². The van der Waals surface area contributed by atoms with Crippen molar-refractivity contribution in [2.24, 2.45) is 0 Å². The van der Waals surface area contributed by atoms with E-state index in [2.05, 4.69) is 0 Å². The van der Waals surface area contributed by atoms with E-state index in [1.54, 1.807) is 17.9 Å². The number of hydrogen-bond donors (Lipinski definition) is 0. The number of rotatable bonds is 5. The van der Waals surface area contributed by atoms with Crippen molar-refractivity contribution in [3.8, 4) is 0 Å². The fraction of sp³-hybridized carbons (Fsp3) is 0.167. The zero-order chi connectivity index (χ0) is 20.4. The summed E-state index contributed by atoms with van der Waals surface area (Å²) in [5, 5.41) is 2.88. The Bertz CT molecular complexity index is 1200. The van der Waals surface area contributed by atoms with Crippen LogP contribution in [0.1, 0.15) is 23.0 Å². The quantitative estimate of drug-likeness (QED) is 0.447. The van der Waals surface area contributed by atoms with Gasteiger partial charge in [-0.25, -0.2) is 4.79 Å². The topological polar surface area (TPSA) is 59.8 Å². The summed E-state index contributed by atoms with van der Waals surface area (Å²) in [6.45, 7) is 3.81. The van der Waals surface area contributed by atoms with Crippen LogP contribution in [0.15, 0.2) is 71.1 Å². The van der Waals surface area contributed by atoms with Gasteiger partial charge in [-0.15, -0.1) is 0 Å². The third kappa shape index (κ3) is 3.47. The number of esters is 1. The van der Waals surface area contributed by atoms with Crippen LogP contribution < -0.4 is 4.90 Å². The SMILES string of the molecule is CCN(C(=O)COC(=O)c1oc2ccccc2c1C)c1cccc2ccccc12. The number of hydrogen-bond acceptors (Lipinski definition) is 4. The van der Waals surface area contributed by atoms with E-state index in [0.717, 1.165) is 21.8 Å². The van der Waals surface area contributed by atoms with E-state index in [9.17, 15) is 9.59 Å². The molecule has 0 fully saturated rings. The van der Waals surface area contributed by atoms with E-state index in [-0.39, 0.29) is 18.3 Å². The summed E-state index contributed by atoms with van der Waals surface area (Å²) in [7, 11) is 0. The van der Waals surface area contributed by atoms with Crippen LogP contribution in [0.2, 0.25) is 0 Å². The van der Waals surface area contributed by atoms with E-state index in [1.165, 1.54) is 0 Å². The van der Waals surface area contributed by atoms with Crippen LogP contribution in [0.25, 0.3) is 21.7 Å². The van der Waals surface area contributed by atoms with Gasteiger partial charge in [-0.3, -0.25) is 4.79 Å². The van der Waals surface area contributed by atoms with Crippen molar-refractivity contribution in [2.45, 2.75) is 13.8 Å². The second-order valence-corrected chi connectivity index (χ2v) is 6.76. The largest absolute Gasteiger partial charge is 0.450 e. The Labute approximate surface area is 168 Å². The van der Waals surface area contributed by atoms with Crippen molar-refractivity contribution in [3.05, 3.63) is 78.1 Å². The summed E-state index contributed by atoms with van der Waals surface area (Å²) in [5.74, 6) is -0.792. The Morgan fingerprint density at radius 1 is 0.931 bits per heavy atom. The molecule has 0 N–H and O–H groups in total. The Morgan fingerprint density at radius 3 is 2.38 bits per heavy atom. The highest BCUT2D eigenvalue weighted by Gasteiger charge is 2.22. The number of aryl methyl sites for hydroxylation is 1. The molecule has 0 aliphatic heterocycles. The van der Waals surface area contributed by atoms with Gasteiger partial charge in [0.15, 0.2) is 6.61 Å². The van der Waals surface area contributed by atoms with Gasteiger partial charge < -0.3 is 14.1 Å². The number of carbonyl (C=O) groups is 2. The average Bonchev–Trinajstić information content (AvgIpc) is 3.09. The van der Waals surface area contributed by atoms with Gasteiger partial charge in [0.05, 0.1) is 5.69 Å². The molecule has 4 rings (SSSR count). The van der Waals surface area contributed by atoms with Crippen molar-refractivity contribution >= 4 is 39.3 Å². The minimum Gasteiger partial charge on any atom is -0.450 e. The summed E-state index contributed by atoms with van der Waals surface area (Å²) in [5.41, 5.74) is 2.13. The van der Waals surface area contributed by atoms with Crippen LogP contribution in [0.3, 0.4) is 0 Å². The summed E-state index contributed by atoms with van der Waals surface area (Å²) < 4.78 is 10.9. The highest BCUT2D eigenvalue weighted by molar-refractivity contribution is 6.05. The Hall–Kier alpha value is -3.60. The van der Waals surface area contributed by atoms with E-state index >= 15 is 0 Å². The molecular formula is C24H21NO4. The predicted molar refractivity (Wildman–Crippen MR) is 113 cm³/mol. The fourth-order valence-corrected chi connectivity index (χ4v) is 3.56. The van der Waals surface area contributed by atoms with Crippen molar-refractivity contribution in [1.82, 2.24) is 0 Å². The predicted octanol–water partition coefficient (Wildman–Crippen LogP) is 5.10. The number of fused-ring (bicyclic) bond motifs is 2. The smallest absolute Gasteiger partial charge is 0.375 e. The van der Waals surface area contributed by atoms with Gasteiger partial charge in [-0.05, 0) is 31.4 Å². The molecule has 1 amide bonds. The molecule has 29 heavy (non-hydrogen) atoms. The maximum atomic E-state index is 12.8. The van der Waals surface area contributed by atoms with Crippen LogP contribution in [-0.4, -0.2) is 25.0 Å². The second kappa shape index (κ2) is 7.80. The first-order valence-electron chi connectivity index (χ1n) is 9.53. The van der Waals surface area contributed by atoms with Gasteiger partial charge in [0.25, 0.3) is 5.91 Å². The standard InChI is InChI=1S/C24H21NO4/c1-3-25(20-13-8-10-17-9-4-5-12-19(17)20)22(26)15-28-24(27)23-16(2)18-11-6-7-14-21(18)29-23/h4-14H,3,15H2,1-2H3. The summed E-state index contributed by atoms with van der Waals surface area (Å²) in [6, 6.07) is 21.1. The lowest BCUT2D eigenvalue weighted by atomic mass is 10.1. The molecule has 0 aliphatic rings. The third-order valence-corrected chi connectivity index (χ3v) is 5.03. The molecule has 0 atom stereocenters. The highest BCUT2D eigenvalue weighted by Crippen LogP contribution is 2.27. The summed E-state index contributed by atoms with van der Waals surface area (Å²) in [6.07, 6.45) is 0. The van der Waals surface area contributed by atoms with E-state index < -0.39 is 5.97 Å². The molecule has 146 valence electrons. The van der Waals surface area contributed by atoms with Crippen molar-refractivity contribution in [3.63, 3.8) is 0 Å². The highest BCUT2D eigenvalue weighted by atomic mass is 16.5. The first kappa shape index (κ1) is 18.7. The Balaban J connectivity index is 1.53. The number of nitrogens with zero attached hydrogens (tertiary/aromatic N) is 1. The number of furan rings is 1. The monoisotopic (exact) mass is 387 g/mol. The Morgan fingerprint density at radius 2 is 1.62 bits per heavy atom. The lowest BCUT2D eigenvalue weighted by Crippen LogP contribution is -2.34. The molecule has 0 saturated carbocycles. The third-order valence-electron chi connectivity index (χ3n) is 5.03. The van der Waals surface area contributed by atoms with Crippen molar-refractivity contribution in [1.29, 1.82) is 0 Å². The first-order chi connectivity index (χ1) is 14.1. The van der Waals surface area contributed by atoms with Gasteiger partial charge in [0.1, 0.15) is 5.58 Å². The van der Waals surface area contributed by atoms with Crippen LogP contribution in [0.4, 0.5) is 5.69 Å². The maximum absolute atomic E-state index is 12.8. The molecule has 0 radical (unpaired) electrons. The first-order valence-corrected chi connectivity index (χ1v) is 9.53. The van der Waals surface area contributed by atoms with Gasteiger partial charge in [-0.2, -0.15) is 0 Å². The molecule has 5 heteroatoms. The molecule has 5 nitrogen and oxygen atoms in total. The molecule has 0 unspecified atom stereocenters. The van der Waals surface area contributed by atoms with E-state index in [0.29, 0.717) is 17.7 Å². The minimum atomic E-state index is -0.638. The van der Waals surface area contributed by atoms with Gasteiger partial charge in [0, 0.05) is 22.9 Å². The molecule has 4 aromatic rings. The van der Waals surface area contributed by atoms with Crippen LogP contribution in [0, 0.1) is 6.92 Å². The summed E-state index contributed by atoms with van der Waals surface area (Å²) >= 11 is 0. The van der Waals surface area contributed by atoms with Crippen LogP contribution in [-0.2, 0) is 9.53 Å². The zero-order valence-corrected chi connectivity index (χ0v) is 16.3. The number of ether oxygens (including phenoxy) is 1. The lowest BCUT2D eigenvalue weighted by Gasteiger charge is -2.22. The molecule has 1 aromatic heterocycles. The second-order valence-electron chi connectivity index (χ2n) is 6.76. The zero-order valence-electron chi connectivity index (χ0n) is 16.3. The molecule has 3 aromatic carbocycles. The average molecular weight is 387 g/mol. The van der Waals surface area contributed by atoms with Crippen LogP contribution >= 0.6 is 0 Å². The van der Waals surface area contributed by atoms with E-state index in [4.69, 9.17) is 9.15 Å². The number of likely N-dealkylation sites (N-methyl/N-ethyl adjacent to an activating group) is 1.